The van der Waals surface area contributed by atoms with E-state index in [0.29, 0.717) is 57.1 Å². The van der Waals surface area contributed by atoms with Crippen molar-refractivity contribution in [1.29, 1.82) is 0 Å². The van der Waals surface area contributed by atoms with E-state index >= 15 is 0 Å². The Morgan fingerprint density at radius 2 is 0.774 bits per heavy atom. The minimum atomic E-state index is -0.932. The lowest BCUT2D eigenvalue weighted by Crippen LogP contribution is -2.22. The highest BCUT2D eigenvalue weighted by Crippen LogP contribution is 2.51. The number of ether oxygens (including phenoxy) is 9. The fourth-order valence-electron chi connectivity index (χ4n) is 6.78. The molecule has 5 rings (SSSR count). The fourth-order valence-corrected chi connectivity index (χ4v) is 6.78. The number of methoxy groups -OCH3 is 6. The summed E-state index contributed by atoms with van der Waals surface area (Å²) < 4.78 is 52.2. The molecular weight excluding hydrogens is 680 g/mol. The highest BCUT2D eigenvalue weighted by Gasteiger charge is 2.41. The van der Waals surface area contributed by atoms with Crippen LogP contribution in [0.4, 0.5) is 0 Å². The molecule has 8 atom stereocenters. The van der Waals surface area contributed by atoms with Gasteiger partial charge in [0.05, 0.1) is 54.9 Å². The standard InChI is InChI=1S/C42H52O11/c1-23-24(2)42(30-14-18-34(38(22-30)50-10)52-26(4)40(44)28-12-16-32(46-6)36(20-28)48-8)53-41(23)29-13-17-33(37(21-29)49-9)51-25(3)39(43)27-11-15-31(45-5)35(19-27)47-7/h11-26,39-44H,1-10H3/t23-,24-,25-,26+,39+,40+,41+,42+/m1/s1. The van der Waals surface area contributed by atoms with Gasteiger partial charge in [-0.1, -0.05) is 38.1 Å². The number of aliphatic hydroxyl groups excluding tert-OH is 2. The Morgan fingerprint density at radius 3 is 1.11 bits per heavy atom. The summed E-state index contributed by atoms with van der Waals surface area (Å²) >= 11 is 0. The molecule has 0 spiro atoms. The average molecular weight is 733 g/mol. The number of aliphatic hydroxyl groups is 2. The number of rotatable bonds is 16. The van der Waals surface area contributed by atoms with Crippen molar-refractivity contribution in [3.8, 4) is 46.0 Å². The predicted molar refractivity (Wildman–Crippen MR) is 200 cm³/mol. The molecule has 4 aromatic carbocycles. The van der Waals surface area contributed by atoms with Gasteiger partial charge in [-0.25, -0.2) is 0 Å². The van der Waals surface area contributed by atoms with Crippen LogP contribution < -0.4 is 37.9 Å². The molecule has 0 aromatic heterocycles. The Kier molecular flexibility index (Phi) is 12.9. The van der Waals surface area contributed by atoms with Crippen molar-refractivity contribution in [3.63, 3.8) is 0 Å². The second-order valence-electron chi connectivity index (χ2n) is 13.3. The third-order valence-electron chi connectivity index (χ3n) is 10.1. The van der Waals surface area contributed by atoms with Crippen molar-refractivity contribution in [2.45, 2.75) is 64.3 Å². The highest BCUT2D eigenvalue weighted by atomic mass is 16.5. The van der Waals surface area contributed by atoms with Gasteiger partial charge in [0.15, 0.2) is 46.0 Å². The van der Waals surface area contributed by atoms with Gasteiger partial charge < -0.3 is 52.8 Å². The maximum absolute atomic E-state index is 11.1. The van der Waals surface area contributed by atoms with Crippen molar-refractivity contribution in [2.24, 2.45) is 11.8 Å². The molecule has 53 heavy (non-hydrogen) atoms. The summed E-state index contributed by atoms with van der Waals surface area (Å²) in [6, 6.07) is 22.1. The molecule has 0 aliphatic carbocycles. The van der Waals surface area contributed by atoms with Gasteiger partial charge in [0, 0.05) is 0 Å². The Balaban J connectivity index is 1.29. The summed E-state index contributed by atoms with van der Waals surface area (Å²) in [6.07, 6.45) is -3.49. The van der Waals surface area contributed by atoms with E-state index < -0.39 is 24.4 Å². The first-order chi connectivity index (χ1) is 25.5. The van der Waals surface area contributed by atoms with E-state index in [2.05, 4.69) is 13.8 Å². The van der Waals surface area contributed by atoms with Crippen LogP contribution in [0.5, 0.6) is 46.0 Å². The minimum absolute atomic E-state index is 0.167. The van der Waals surface area contributed by atoms with Gasteiger partial charge >= 0.3 is 0 Å². The largest absolute Gasteiger partial charge is 0.493 e. The van der Waals surface area contributed by atoms with E-state index in [-0.39, 0.29) is 24.0 Å². The number of hydrogen-bond acceptors (Lipinski definition) is 11. The molecule has 0 amide bonds. The number of hydrogen-bond donors (Lipinski definition) is 2. The Hall–Kier alpha value is -4.84. The number of benzene rings is 4. The monoisotopic (exact) mass is 732 g/mol. The molecule has 4 aromatic rings. The van der Waals surface area contributed by atoms with Gasteiger partial charge in [0.2, 0.25) is 0 Å². The summed E-state index contributed by atoms with van der Waals surface area (Å²) in [4.78, 5) is 0. The molecule has 1 aliphatic rings. The third-order valence-corrected chi connectivity index (χ3v) is 10.1. The molecule has 0 saturated carbocycles. The van der Waals surface area contributed by atoms with E-state index in [1.807, 2.05) is 36.4 Å². The van der Waals surface area contributed by atoms with Crippen molar-refractivity contribution < 1.29 is 52.8 Å². The SMILES string of the molecule is COc1ccc([C@@H](O)[C@H](C)Oc2ccc([C@H]3O[C@H](c4ccc(O[C@H](C)[C@H](O)c5ccc(OC)c(OC)c5)c(OC)c4)[C@H](C)[C@H]3C)cc2OC)cc1OC. The molecule has 1 aliphatic heterocycles. The fraction of sp³-hybridized carbons (Fsp3) is 0.429. The predicted octanol–water partition coefficient (Wildman–Crippen LogP) is 7.82. The van der Waals surface area contributed by atoms with Crippen LogP contribution in [0, 0.1) is 11.8 Å². The molecule has 11 nitrogen and oxygen atoms in total. The van der Waals surface area contributed by atoms with E-state index in [4.69, 9.17) is 42.6 Å². The summed E-state index contributed by atoms with van der Waals surface area (Å²) in [5.74, 6) is 4.62. The quantitative estimate of drug-likeness (QED) is 0.117. The minimum Gasteiger partial charge on any atom is -0.493 e. The summed E-state index contributed by atoms with van der Waals surface area (Å²) in [5.41, 5.74) is 3.18. The first kappa shape index (κ1) is 39.4. The van der Waals surface area contributed by atoms with Crippen LogP contribution in [0.25, 0.3) is 0 Å². The van der Waals surface area contributed by atoms with Crippen LogP contribution in [0.3, 0.4) is 0 Å². The maximum atomic E-state index is 11.1. The molecule has 0 bridgehead atoms. The normalized spacial score (nSPS) is 20.5. The summed E-state index contributed by atoms with van der Waals surface area (Å²) in [6.45, 7) is 7.96. The van der Waals surface area contributed by atoms with Crippen LogP contribution >= 0.6 is 0 Å². The zero-order valence-electron chi connectivity index (χ0n) is 32.1. The molecule has 2 N–H and O–H groups in total. The van der Waals surface area contributed by atoms with E-state index in [1.165, 1.54) is 0 Å². The topological polar surface area (TPSA) is 124 Å². The average Bonchev–Trinajstić information content (AvgIpc) is 3.49. The first-order valence-corrected chi connectivity index (χ1v) is 17.6. The van der Waals surface area contributed by atoms with E-state index in [0.717, 1.165) is 11.1 Å². The summed E-state index contributed by atoms with van der Waals surface area (Å²) in [5, 5.41) is 22.2. The second-order valence-corrected chi connectivity index (χ2v) is 13.3. The van der Waals surface area contributed by atoms with Gasteiger partial charge in [-0.15, -0.1) is 0 Å². The van der Waals surface area contributed by atoms with Gasteiger partial charge in [-0.05, 0) is 96.5 Å². The Labute approximate surface area is 312 Å². The first-order valence-electron chi connectivity index (χ1n) is 17.6. The van der Waals surface area contributed by atoms with Gasteiger partial charge in [-0.2, -0.15) is 0 Å². The van der Waals surface area contributed by atoms with Crippen molar-refractivity contribution >= 4 is 0 Å². The van der Waals surface area contributed by atoms with Gasteiger partial charge in [-0.3, -0.25) is 0 Å². The second kappa shape index (κ2) is 17.3. The molecule has 1 heterocycles. The molecule has 286 valence electrons. The zero-order valence-corrected chi connectivity index (χ0v) is 32.1. The van der Waals surface area contributed by atoms with Crippen molar-refractivity contribution in [1.82, 2.24) is 0 Å². The van der Waals surface area contributed by atoms with Crippen LogP contribution in [0.1, 0.15) is 74.4 Å². The van der Waals surface area contributed by atoms with Crippen LogP contribution in [-0.4, -0.2) is 65.1 Å². The third kappa shape index (κ3) is 8.38. The van der Waals surface area contributed by atoms with Crippen molar-refractivity contribution in [3.05, 3.63) is 95.1 Å². The molecule has 0 unspecified atom stereocenters. The van der Waals surface area contributed by atoms with Crippen LogP contribution in [0.2, 0.25) is 0 Å². The Bertz CT molecular complexity index is 1700. The van der Waals surface area contributed by atoms with Gasteiger partial charge in [0.1, 0.15) is 24.4 Å². The highest BCUT2D eigenvalue weighted by molar-refractivity contribution is 5.48. The maximum Gasteiger partial charge on any atom is 0.161 e. The molecule has 11 heteroatoms. The van der Waals surface area contributed by atoms with Gasteiger partial charge in [0.25, 0.3) is 0 Å². The lowest BCUT2D eigenvalue weighted by atomic mass is 9.85. The Morgan fingerprint density at radius 1 is 0.453 bits per heavy atom. The van der Waals surface area contributed by atoms with Crippen LogP contribution in [0.15, 0.2) is 72.8 Å². The van der Waals surface area contributed by atoms with E-state index in [1.54, 1.807) is 92.9 Å². The zero-order chi connectivity index (χ0) is 38.4. The molecular formula is C42H52O11. The van der Waals surface area contributed by atoms with Crippen LogP contribution in [-0.2, 0) is 4.74 Å². The lowest BCUT2D eigenvalue weighted by molar-refractivity contribution is 0.0281. The van der Waals surface area contributed by atoms with Crippen molar-refractivity contribution in [2.75, 3.05) is 42.7 Å². The van der Waals surface area contributed by atoms with E-state index in [9.17, 15) is 10.2 Å². The molecule has 0 radical (unpaired) electrons. The smallest absolute Gasteiger partial charge is 0.161 e. The lowest BCUT2D eigenvalue weighted by Gasteiger charge is -2.24. The summed E-state index contributed by atoms with van der Waals surface area (Å²) in [7, 11) is 9.43. The molecule has 1 saturated heterocycles. The molecule has 1 fully saturated rings.